The number of rotatable bonds is 4. The molecule has 0 bridgehead atoms. The third kappa shape index (κ3) is 4.04. The van der Waals surface area contributed by atoms with Gasteiger partial charge in [0.15, 0.2) is 0 Å². The predicted molar refractivity (Wildman–Crippen MR) is 133 cm³/mol. The van der Waals surface area contributed by atoms with Crippen LogP contribution in [0.25, 0.3) is 5.69 Å². The summed E-state index contributed by atoms with van der Waals surface area (Å²) in [6.45, 7) is 10.3. The number of aromatic hydroxyl groups is 1. The van der Waals surface area contributed by atoms with Crippen molar-refractivity contribution >= 4 is 5.84 Å². The molecule has 5 rings (SSSR count). The predicted octanol–water partition coefficient (Wildman–Crippen LogP) is 4.92. The Hall–Kier alpha value is -3.35. The van der Waals surface area contributed by atoms with Gasteiger partial charge < -0.3 is 19.3 Å². The number of fused-ring (bicyclic) bond motifs is 1. The van der Waals surface area contributed by atoms with Crippen molar-refractivity contribution in [3.8, 4) is 17.3 Å². The quantitative estimate of drug-likeness (QED) is 0.599. The number of piperidine rings is 1. The van der Waals surface area contributed by atoms with E-state index in [9.17, 15) is 5.11 Å². The molecule has 1 N–H and O–H groups in total. The summed E-state index contributed by atoms with van der Waals surface area (Å²) in [6.07, 6.45) is 5.79. The zero-order valence-electron chi connectivity index (χ0n) is 20.6. The number of hydrogen-bond donors (Lipinski definition) is 1. The molecule has 34 heavy (non-hydrogen) atoms. The van der Waals surface area contributed by atoms with E-state index in [1.807, 2.05) is 42.0 Å². The van der Waals surface area contributed by atoms with Crippen LogP contribution in [0.2, 0.25) is 0 Å². The molecule has 1 unspecified atom stereocenters. The van der Waals surface area contributed by atoms with E-state index in [1.54, 1.807) is 13.4 Å². The van der Waals surface area contributed by atoms with Crippen LogP contribution in [-0.2, 0) is 5.41 Å². The first-order valence-electron chi connectivity index (χ1n) is 12.0. The van der Waals surface area contributed by atoms with Gasteiger partial charge in [-0.05, 0) is 48.9 Å². The monoisotopic (exact) mass is 459 g/mol. The number of benzene rings is 1. The normalized spacial score (nSPS) is 20.3. The van der Waals surface area contributed by atoms with E-state index in [-0.39, 0.29) is 17.4 Å². The Morgan fingerprint density at radius 2 is 1.97 bits per heavy atom. The lowest BCUT2D eigenvalue weighted by atomic mass is 9.82. The number of imidazole rings is 1. The van der Waals surface area contributed by atoms with E-state index in [0.29, 0.717) is 11.6 Å². The highest BCUT2D eigenvalue weighted by Gasteiger charge is 2.37. The second kappa shape index (κ2) is 8.46. The number of ether oxygens (including phenoxy) is 1. The molecule has 0 amide bonds. The number of methoxy groups -OCH3 is 1. The smallest absolute Gasteiger partial charge is 0.238 e. The van der Waals surface area contributed by atoms with Gasteiger partial charge in [-0.1, -0.05) is 32.9 Å². The van der Waals surface area contributed by atoms with Gasteiger partial charge in [0.2, 0.25) is 5.88 Å². The van der Waals surface area contributed by atoms with Crippen molar-refractivity contribution in [3.63, 3.8) is 0 Å². The third-order valence-electron chi connectivity index (χ3n) is 6.89. The average Bonchev–Trinajstić information content (AvgIpc) is 3.44. The van der Waals surface area contributed by atoms with E-state index in [4.69, 9.17) is 14.7 Å². The number of aryl methyl sites for hydroxylation is 1. The molecule has 0 radical (unpaired) electrons. The number of nitrogens with zero attached hydrogens (tertiary/aromatic N) is 5. The van der Waals surface area contributed by atoms with Gasteiger partial charge >= 0.3 is 0 Å². The molecule has 1 saturated heterocycles. The Bertz CT molecular complexity index is 1240. The van der Waals surface area contributed by atoms with Crippen LogP contribution in [0.5, 0.6) is 11.6 Å². The summed E-state index contributed by atoms with van der Waals surface area (Å²) in [4.78, 5) is 16.6. The van der Waals surface area contributed by atoms with Crippen LogP contribution in [0.1, 0.15) is 68.1 Å². The fourth-order valence-electron chi connectivity index (χ4n) is 5.00. The van der Waals surface area contributed by atoms with Crippen molar-refractivity contribution in [2.24, 2.45) is 4.99 Å². The number of pyridine rings is 1. The summed E-state index contributed by atoms with van der Waals surface area (Å²) in [5.41, 5.74) is 4.92. The van der Waals surface area contributed by atoms with Gasteiger partial charge in [0.25, 0.3) is 0 Å². The zero-order chi connectivity index (χ0) is 24.0. The Morgan fingerprint density at radius 1 is 1.15 bits per heavy atom. The van der Waals surface area contributed by atoms with Crippen LogP contribution >= 0.6 is 0 Å². The molecule has 0 spiro atoms. The van der Waals surface area contributed by atoms with Gasteiger partial charge in [-0.3, -0.25) is 4.99 Å². The second-order valence-electron chi connectivity index (χ2n) is 10.4. The van der Waals surface area contributed by atoms with Gasteiger partial charge in [0.05, 0.1) is 24.8 Å². The average molecular weight is 460 g/mol. The van der Waals surface area contributed by atoms with Crippen LogP contribution < -0.4 is 4.74 Å². The van der Waals surface area contributed by atoms with E-state index in [0.717, 1.165) is 54.4 Å². The molecule has 178 valence electrons. The lowest BCUT2D eigenvalue weighted by molar-refractivity contribution is 0.362. The maximum Gasteiger partial charge on any atom is 0.238 e. The van der Waals surface area contributed by atoms with Crippen LogP contribution in [0.15, 0.2) is 47.8 Å². The first-order chi connectivity index (χ1) is 16.2. The van der Waals surface area contributed by atoms with Crippen molar-refractivity contribution in [2.75, 3.05) is 20.2 Å². The van der Waals surface area contributed by atoms with Crippen molar-refractivity contribution < 1.29 is 9.84 Å². The second-order valence-corrected chi connectivity index (χ2v) is 10.4. The van der Waals surface area contributed by atoms with Gasteiger partial charge in [-0.2, -0.15) is 0 Å². The number of phenolic OH excluding ortho intramolecular Hbond substituents is 1. The molecule has 0 aliphatic carbocycles. The third-order valence-corrected chi connectivity index (χ3v) is 6.89. The van der Waals surface area contributed by atoms with Crippen LogP contribution in [0.3, 0.4) is 0 Å². The molecule has 2 atom stereocenters. The Kier molecular flexibility index (Phi) is 5.58. The highest BCUT2D eigenvalue weighted by atomic mass is 16.5. The summed E-state index contributed by atoms with van der Waals surface area (Å²) in [5.74, 6) is 2.07. The van der Waals surface area contributed by atoms with Gasteiger partial charge in [-0.15, -0.1) is 0 Å². The fraction of sp³-hybridized carbons (Fsp3) is 0.444. The molecule has 2 aliphatic heterocycles. The van der Waals surface area contributed by atoms with Gasteiger partial charge in [-0.25, -0.2) is 9.97 Å². The molecule has 7 heteroatoms. The van der Waals surface area contributed by atoms with Crippen molar-refractivity contribution in [2.45, 2.75) is 57.9 Å². The van der Waals surface area contributed by atoms with E-state index < -0.39 is 0 Å². The molecule has 2 aliphatic rings. The van der Waals surface area contributed by atoms with Crippen molar-refractivity contribution in [1.82, 2.24) is 19.4 Å². The Morgan fingerprint density at radius 3 is 2.68 bits per heavy atom. The summed E-state index contributed by atoms with van der Waals surface area (Å²) < 4.78 is 7.55. The molecule has 1 fully saturated rings. The molecular weight excluding hydrogens is 426 g/mol. The highest BCUT2D eigenvalue weighted by molar-refractivity contribution is 5.92. The first-order valence-corrected chi connectivity index (χ1v) is 12.0. The standard InChI is InChI=1S/C27H33N5O2/c1-17-14-32(16-28-17)23-10-9-21(30-26(23)34-5)22-15-31-12-6-7-19(25(31)29-22)20-13-18(27(2,3)4)8-11-24(20)33/h8-11,13-14,16,19,22,33H,6-7,12,15H2,1-5H3/t19-,22?/m0/s1. The summed E-state index contributed by atoms with van der Waals surface area (Å²) in [6, 6.07) is 10.0. The van der Waals surface area contributed by atoms with Crippen LogP contribution in [0.4, 0.5) is 0 Å². The molecule has 4 heterocycles. The van der Waals surface area contributed by atoms with E-state index in [1.165, 1.54) is 5.56 Å². The maximum absolute atomic E-state index is 10.8. The van der Waals surface area contributed by atoms with Gasteiger partial charge in [0.1, 0.15) is 23.3 Å². The minimum Gasteiger partial charge on any atom is -0.508 e. The first kappa shape index (κ1) is 22.4. The lowest BCUT2D eigenvalue weighted by Crippen LogP contribution is -2.37. The van der Waals surface area contributed by atoms with Crippen molar-refractivity contribution in [3.05, 3.63) is 65.4 Å². The summed E-state index contributed by atoms with van der Waals surface area (Å²) in [5, 5.41) is 10.8. The Labute approximate surface area is 201 Å². The SMILES string of the molecule is COc1nc(C2CN3CCC[C@@H](c4cc(C(C)(C)C)ccc4O)C3=N2)ccc1-n1cnc(C)c1. The summed E-state index contributed by atoms with van der Waals surface area (Å²) >= 11 is 0. The number of aromatic nitrogens is 3. The minimum atomic E-state index is -0.0592. The number of amidine groups is 1. The lowest BCUT2D eigenvalue weighted by Gasteiger charge is -2.33. The Balaban J connectivity index is 1.48. The fourth-order valence-corrected chi connectivity index (χ4v) is 5.00. The zero-order valence-corrected chi connectivity index (χ0v) is 20.6. The van der Waals surface area contributed by atoms with E-state index >= 15 is 0 Å². The van der Waals surface area contributed by atoms with Crippen LogP contribution in [0, 0.1) is 6.92 Å². The van der Waals surface area contributed by atoms with Crippen LogP contribution in [-0.4, -0.2) is 50.6 Å². The van der Waals surface area contributed by atoms with E-state index in [2.05, 4.69) is 36.7 Å². The molecule has 7 nitrogen and oxygen atoms in total. The topological polar surface area (TPSA) is 75.8 Å². The molecule has 0 saturated carbocycles. The largest absolute Gasteiger partial charge is 0.508 e. The van der Waals surface area contributed by atoms with Crippen molar-refractivity contribution in [1.29, 1.82) is 0 Å². The number of phenols is 1. The minimum absolute atomic E-state index is 0.0207. The molecule has 1 aromatic carbocycles. The maximum atomic E-state index is 10.8. The highest BCUT2D eigenvalue weighted by Crippen LogP contribution is 2.41. The molecular formula is C27H33N5O2. The molecule has 3 aromatic rings. The number of hydrogen-bond acceptors (Lipinski definition) is 6. The summed E-state index contributed by atoms with van der Waals surface area (Å²) in [7, 11) is 1.64. The molecule has 2 aromatic heterocycles. The van der Waals surface area contributed by atoms with Gasteiger partial charge in [0, 0.05) is 30.8 Å². The number of aliphatic imine (C=N–C) groups is 1.